The molecule has 220 valence electrons. The van der Waals surface area contributed by atoms with Gasteiger partial charge in [-0.2, -0.15) is 0 Å². The minimum atomic E-state index is -3.55. The number of nitrogens with zero attached hydrogens (tertiary/aromatic N) is 2. The molecule has 1 N–H and O–H groups in total. The lowest BCUT2D eigenvalue weighted by molar-refractivity contribution is -0.141. The van der Waals surface area contributed by atoms with E-state index in [0.717, 1.165) is 21.2 Å². The van der Waals surface area contributed by atoms with Crippen LogP contribution in [0.15, 0.2) is 83.3 Å². The van der Waals surface area contributed by atoms with Crippen LogP contribution in [0.2, 0.25) is 0 Å². The van der Waals surface area contributed by atoms with E-state index in [1.807, 2.05) is 87.5 Å². The molecule has 0 bridgehead atoms. The first-order valence-electron chi connectivity index (χ1n) is 13.8. The van der Waals surface area contributed by atoms with Crippen molar-refractivity contribution in [1.82, 2.24) is 10.2 Å². The van der Waals surface area contributed by atoms with Crippen molar-refractivity contribution in [3.8, 4) is 0 Å². The lowest BCUT2D eigenvalue weighted by Crippen LogP contribution is -2.51. The van der Waals surface area contributed by atoms with Crippen LogP contribution >= 0.6 is 15.9 Å². The molecule has 41 heavy (non-hydrogen) atoms. The van der Waals surface area contributed by atoms with Crippen LogP contribution in [-0.2, 0) is 32.6 Å². The van der Waals surface area contributed by atoms with Gasteiger partial charge in [0.05, 0.1) is 11.9 Å². The van der Waals surface area contributed by atoms with Gasteiger partial charge in [0.25, 0.3) is 0 Å². The molecule has 1 atom stereocenters. The average Bonchev–Trinajstić information content (AvgIpc) is 2.92. The number of carbonyl (C=O) groups excluding carboxylic acids is 2. The van der Waals surface area contributed by atoms with E-state index in [-0.39, 0.29) is 37.2 Å². The van der Waals surface area contributed by atoms with Crippen molar-refractivity contribution < 1.29 is 18.0 Å². The van der Waals surface area contributed by atoms with Crippen LogP contribution in [0.25, 0.3) is 0 Å². The van der Waals surface area contributed by atoms with Crippen molar-refractivity contribution in [2.24, 2.45) is 5.92 Å². The smallest absolute Gasteiger partial charge is 0.243 e. The molecule has 0 aliphatic heterocycles. The number of benzene rings is 3. The summed E-state index contributed by atoms with van der Waals surface area (Å²) in [6.07, 6.45) is 1.93. The Morgan fingerprint density at radius 3 is 2.20 bits per heavy atom. The maximum atomic E-state index is 13.9. The number of hydrogen-bond acceptors (Lipinski definition) is 4. The van der Waals surface area contributed by atoms with Crippen LogP contribution in [0, 0.1) is 12.8 Å². The van der Waals surface area contributed by atoms with Crippen molar-refractivity contribution in [3.05, 3.63) is 100 Å². The molecule has 0 aliphatic rings. The molecule has 9 heteroatoms. The molecule has 0 aromatic heterocycles. The molecule has 7 nitrogen and oxygen atoms in total. The number of halogens is 1. The SMILES string of the molecule is Cc1ccc(N(CCCC(=O)N(Cc2cccc(Br)c2)C(Cc2ccccc2)C(=O)NCC(C)C)S(C)(=O)=O)cc1. The van der Waals surface area contributed by atoms with E-state index in [0.29, 0.717) is 25.1 Å². The van der Waals surface area contributed by atoms with E-state index in [4.69, 9.17) is 0 Å². The molecule has 0 saturated heterocycles. The molecular formula is C32H40BrN3O4S. The van der Waals surface area contributed by atoms with Crippen molar-refractivity contribution in [2.75, 3.05) is 23.7 Å². The summed E-state index contributed by atoms with van der Waals surface area (Å²) >= 11 is 3.51. The second-order valence-corrected chi connectivity index (χ2v) is 13.6. The van der Waals surface area contributed by atoms with Crippen molar-refractivity contribution in [1.29, 1.82) is 0 Å². The number of nitrogens with one attached hydrogen (secondary N) is 1. The molecule has 2 amide bonds. The first kappa shape index (κ1) is 32.3. The van der Waals surface area contributed by atoms with Crippen molar-refractivity contribution >= 4 is 43.5 Å². The second-order valence-electron chi connectivity index (χ2n) is 10.8. The number of sulfonamides is 1. The van der Waals surface area contributed by atoms with Gasteiger partial charge in [-0.25, -0.2) is 8.42 Å². The molecule has 0 heterocycles. The molecule has 3 aromatic rings. The maximum Gasteiger partial charge on any atom is 0.243 e. The normalized spacial score (nSPS) is 12.1. The number of amides is 2. The fraction of sp³-hybridized carbons (Fsp3) is 0.375. The average molecular weight is 643 g/mol. The predicted octanol–water partition coefficient (Wildman–Crippen LogP) is 5.72. The highest BCUT2D eigenvalue weighted by Gasteiger charge is 2.30. The van der Waals surface area contributed by atoms with E-state index in [1.165, 1.54) is 10.6 Å². The van der Waals surface area contributed by atoms with Crippen LogP contribution in [0.3, 0.4) is 0 Å². The Hall–Kier alpha value is -3.17. The zero-order valence-electron chi connectivity index (χ0n) is 24.2. The van der Waals surface area contributed by atoms with Gasteiger partial charge >= 0.3 is 0 Å². The first-order valence-corrected chi connectivity index (χ1v) is 16.5. The van der Waals surface area contributed by atoms with Crippen LogP contribution in [-0.4, -0.2) is 50.5 Å². The van der Waals surface area contributed by atoms with Gasteiger partial charge in [-0.15, -0.1) is 0 Å². The molecule has 0 spiro atoms. The third kappa shape index (κ3) is 10.3. The number of anilines is 1. The summed E-state index contributed by atoms with van der Waals surface area (Å²) < 4.78 is 27.4. The second kappa shape index (κ2) is 15.2. The summed E-state index contributed by atoms with van der Waals surface area (Å²) in [6, 6.07) is 23.9. The number of aryl methyl sites for hydroxylation is 1. The Kier molecular flexibility index (Phi) is 12.0. The van der Waals surface area contributed by atoms with Gasteiger partial charge in [-0.1, -0.05) is 89.9 Å². The molecular weight excluding hydrogens is 602 g/mol. The highest BCUT2D eigenvalue weighted by atomic mass is 79.9. The molecule has 0 radical (unpaired) electrons. The minimum absolute atomic E-state index is 0.0919. The van der Waals surface area contributed by atoms with Crippen LogP contribution in [0.5, 0.6) is 0 Å². The van der Waals surface area contributed by atoms with E-state index in [1.54, 1.807) is 17.0 Å². The summed E-state index contributed by atoms with van der Waals surface area (Å²) in [4.78, 5) is 29.1. The van der Waals surface area contributed by atoms with Gasteiger partial charge in [-0.05, 0) is 54.7 Å². The Morgan fingerprint density at radius 2 is 1.59 bits per heavy atom. The summed E-state index contributed by atoms with van der Waals surface area (Å²) in [5.41, 5.74) is 3.43. The third-order valence-electron chi connectivity index (χ3n) is 6.67. The monoisotopic (exact) mass is 641 g/mol. The fourth-order valence-electron chi connectivity index (χ4n) is 4.52. The summed E-state index contributed by atoms with van der Waals surface area (Å²) in [7, 11) is -3.55. The Labute approximate surface area is 253 Å². The highest BCUT2D eigenvalue weighted by molar-refractivity contribution is 9.10. The van der Waals surface area contributed by atoms with Gasteiger partial charge in [0.2, 0.25) is 21.8 Å². The largest absolute Gasteiger partial charge is 0.354 e. The van der Waals surface area contributed by atoms with Gasteiger partial charge in [0.1, 0.15) is 6.04 Å². The Bertz CT molecular complexity index is 1400. The Morgan fingerprint density at radius 1 is 0.927 bits per heavy atom. The standard InChI is InChI=1S/C32H40BrN3O4S/c1-24(2)22-34-32(38)30(21-26-10-6-5-7-11-26)35(23-27-12-8-13-28(33)20-27)31(37)14-9-19-36(41(4,39)40)29-17-15-25(3)16-18-29/h5-8,10-13,15-18,20,24,30H,9,14,19,21-23H2,1-4H3,(H,34,38). The predicted molar refractivity (Wildman–Crippen MR) is 169 cm³/mol. The molecule has 0 fully saturated rings. The zero-order valence-corrected chi connectivity index (χ0v) is 26.6. The lowest BCUT2D eigenvalue weighted by atomic mass is 10.0. The zero-order chi connectivity index (χ0) is 30.0. The van der Waals surface area contributed by atoms with Crippen LogP contribution in [0.1, 0.15) is 43.4 Å². The fourth-order valence-corrected chi connectivity index (χ4v) is 5.94. The van der Waals surface area contributed by atoms with Crippen molar-refractivity contribution in [3.63, 3.8) is 0 Å². The molecule has 3 aromatic carbocycles. The van der Waals surface area contributed by atoms with E-state index < -0.39 is 16.1 Å². The van der Waals surface area contributed by atoms with Gasteiger partial charge < -0.3 is 10.2 Å². The van der Waals surface area contributed by atoms with Gasteiger partial charge in [-0.3, -0.25) is 13.9 Å². The summed E-state index contributed by atoms with van der Waals surface area (Å²) in [5.74, 6) is -0.152. The quantitative estimate of drug-likeness (QED) is 0.244. The van der Waals surface area contributed by atoms with Crippen molar-refractivity contribution in [2.45, 2.75) is 52.6 Å². The minimum Gasteiger partial charge on any atom is -0.354 e. The molecule has 1 unspecified atom stereocenters. The highest BCUT2D eigenvalue weighted by Crippen LogP contribution is 2.21. The topological polar surface area (TPSA) is 86.8 Å². The van der Waals surface area contributed by atoms with E-state index in [9.17, 15) is 18.0 Å². The lowest BCUT2D eigenvalue weighted by Gasteiger charge is -2.32. The molecule has 3 rings (SSSR count). The Balaban J connectivity index is 1.87. The van der Waals surface area contributed by atoms with Crippen LogP contribution < -0.4 is 9.62 Å². The number of hydrogen-bond donors (Lipinski definition) is 1. The van der Waals surface area contributed by atoms with E-state index >= 15 is 0 Å². The number of carbonyl (C=O) groups is 2. The first-order chi connectivity index (χ1) is 19.4. The van der Waals surface area contributed by atoms with Gasteiger partial charge in [0, 0.05) is 36.9 Å². The van der Waals surface area contributed by atoms with Crippen LogP contribution in [0.4, 0.5) is 5.69 Å². The van der Waals surface area contributed by atoms with E-state index in [2.05, 4.69) is 21.2 Å². The number of rotatable bonds is 14. The molecule has 0 aliphatic carbocycles. The molecule has 0 saturated carbocycles. The maximum absolute atomic E-state index is 13.9. The third-order valence-corrected chi connectivity index (χ3v) is 8.36. The summed E-state index contributed by atoms with van der Waals surface area (Å²) in [6.45, 7) is 6.90. The van der Waals surface area contributed by atoms with Gasteiger partial charge in [0.15, 0.2) is 0 Å². The summed E-state index contributed by atoms with van der Waals surface area (Å²) in [5, 5.41) is 3.03.